The molecule has 0 unspecified atom stereocenters. The fourth-order valence-electron chi connectivity index (χ4n) is 2.69. The number of nitrogens with zero attached hydrogens (tertiary/aromatic N) is 2. The van der Waals surface area contributed by atoms with Crippen LogP contribution in [0.5, 0.6) is 0 Å². The second-order valence-electron chi connectivity index (χ2n) is 6.03. The van der Waals surface area contributed by atoms with Gasteiger partial charge in [0.05, 0.1) is 0 Å². The van der Waals surface area contributed by atoms with Crippen molar-refractivity contribution < 1.29 is 17.7 Å². The highest BCUT2D eigenvalue weighted by molar-refractivity contribution is 7.89. The number of likely N-dealkylation sites (tertiary alicyclic amines) is 1. The molecule has 0 radical (unpaired) electrons. The molecule has 1 atom stereocenters. The first-order valence-electron chi connectivity index (χ1n) is 7.48. The maximum absolute atomic E-state index is 12.6. The number of amides is 1. The van der Waals surface area contributed by atoms with Crippen LogP contribution < -0.4 is 4.72 Å². The van der Waals surface area contributed by atoms with Gasteiger partial charge in [0.25, 0.3) is 0 Å². The van der Waals surface area contributed by atoms with Crippen LogP contribution in [0.4, 0.5) is 0 Å². The highest BCUT2D eigenvalue weighted by Crippen LogP contribution is 2.21. The Kier molecular flexibility index (Phi) is 4.91. The number of nitrogens with one attached hydrogen (secondary N) is 1. The molecule has 1 aliphatic heterocycles. The van der Waals surface area contributed by atoms with Crippen LogP contribution in [-0.4, -0.2) is 43.5 Å². The molecule has 1 aromatic rings. The normalized spacial score (nSPS) is 17.2. The Hall–Kier alpha value is -1.41. The van der Waals surface area contributed by atoms with Crippen molar-refractivity contribution in [3.63, 3.8) is 0 Å². The van der Waals surface area contributed by atoms with Crippen molar-refractivity contribution in [2.24, 2.45) is 5.92 Å². The van der Waals surface area contributed by atoms with E-state index in [0.29, 0.717) is 18.8 Å². The lowest BCUT2D eigenvalue weighted by molar-refractivity contribution is -0.132. The third kappa shape index (κ3) is 3.33. The minimum atomic E-state index is -3.85. The SMILES string of the molecule is Cc1noc(C)c1S(=O)(=O)N[C@H](C(=O)N1CCCC1)C(C)C. The summed E-state index contributed by atoms with van der Waals surface area (Å²) < 4.78 is 32.6. The van der Waals surface area contributed by atoms with Gasteiger partial charge in [-0.3, -0.25) is 4.79 Å². The van der Waals surface area contributed by atoms with Gasteiger partial charge in [0, 0.05) is 13.1 Å². The summed E-state index contributed by atoms with van der Waals surface area (Å²) in [6.45, 7) is 8.14. The zero-order chi connectivity index (χ0) is 16.5. The molecule has 0 aromatic carbocycles. The van der Waals surface area contributed by atoms with Gasteiger partial charge in [-0.05, 0) is 32.6 Å². The molecule has 2 rings (SSSR count). The van der Waals surface area contributed by atoms with Crippen molar-refractivity contribution in [2.45, 2.75) is 51.5 Å². The number of sulfonamides is 1. The van der Waals surface area contributed by atoms with Crippen LogP contribution in [0.1, 0.15) is 38.1 Å². The van der Waals surface area contributed by atoms with E-state index in [1.54, 1.807) is 18.7 Å². The summed E-state index contributed by atoms with van der Waals surface area (Å²) in [5, 5.41) is 3.67. The van der Waals surface area contributed by atoms with Gasteiger partial charge in [-0.1, -0.05) is 19.0 Å². The molecule has 22 heavy (non-hydrogen) atoms. The van der Waals surface area contributed by atoms with Crippen molar-refractivity contribution in [2.75, 3.05) is 13.1 Å². The molecule has 0 saturated carbocycles. The summed E-state index contributed by atoms with van der Waals surface area (Å²) in [6.07, 6.45) is 1.93. The van der Waals surface area contributed by atoms with Gasteiger partial charge in [-0.15, -0.1) is 0 Å². The van der Waals surface area contributed by atoms with E-state index < -0.39 is 16.1 Å². The number of carbonyl (C=O) groups excluding carboxylic acids is 1. The maximum atomic E-state index is 12.6. The van der Waals surface area contributed by atoms with Crippen molar-refractivity contribution in [3.8, 4) is 0 Å². The van der Waals surface area contributed by atoms with E-state index in [9.17, 15) is 13.2 Å². The van der Waals surface area contributed by atoms with Crippen LogP contribution >= 0.6 is 0 Å². The Morgan fingerprint density at radius 1 is 1.27 bits per heavy atom. The number of hydrogen-bond acceptors (Lipinski definition) is 5. The molecule has 1 amide bonds. The molecule has 8 heteroatoms. The van der Waals surface area contributed by atoms with Crippen LogP contribution in [0, 0.1) is 19.8 Å². The lowest BCUT2D eigenvalue weighted by Gasteiger charge is -2.26. The summed E-state index contributed by atoms with van der Waals surface area (Å²) >= 11 is 0. The third-order valence-corrected chi connectivity index (χ3v) is 5.55. The molecule has 1 N–H and O–H groups in total. The molecule has 2 heterocycles. The van der Waals surface area contributed by atoms with E-state index in [0.717, 1.165) is 12.8 Å². The zero-order valence-corrected chi connectivity index (χ0v) is 14.2. The van der Waals surface area contributed by atoms with E-state index in [-0.39, 0.29) is 22.5 Å². The van der Waals surface area contributed by atoms with E-state index in [1.165, 1.54) is 0 Å². The molecule has 1 aromatic heterocycles. The van der Waals surface area contributed by atoms with Crippen molar-refractivity contribution in [3.05, 3.63) is 11.5 Å². The molecule has 1 fully saturated rings. The van der Waals surface area contributed by atoms with E-state index in [1.807, 2.05) is 13.8 Å². The molecule has 0 bridgehead atoms. The first-order valence-corrected chi connectivity index (χ1v) is 8.96. The summed E-state index contributed by atoms with van der Waals surface area (Å²) in [6, 6.07) is -0.781. The summed E-state index contributed by atoms with van der Waals surface area (Å²) in [7, 11) is -3.85. The summed E-state index contributed by atoms with van der Waals surface area (Å²) in [5.41, 5.74) is 0.293. The van der Waals surface area contributed by atoms with Crippen LogP contribution in [0.2, 0.25) is 0 Å². The number of carbonyl (C=O) groups is 1. The second-order valence-corrected chi connectivity index (χ2v) is 7.68. The van der Waals surface area contributed by atoms with Gasteiger partial charge < -0.3 is 9.42 Å². The number of hydrogen-bond donors (Lipinski definition) is 1. The Morgan fingerprint density at radius 2 is 1.86 bits per heavy atom. The van der Waals surface area contributed by atoms with Gasteiger partial charge >= 0.3 is 0 Å². The molecule has 7 nitrogen and oxygen atoms in total. The monoisotopic (exact) mass is 329 g/mol. The topological polar surface area (TPSA) is 92.5 Å². The first-order chi connectivity index (χ1) is 10.2. The lowest BCUT2D eigenvalue weighted by atomic mass is 10.0. The standard InChI is InChI=1S/C14H23N3O4S/c1-9(2)12(14(18)17-7-5-6-8-17)16-22(19,20)13-10(3)15-21-11(13)4/h9,12,16H,5-8H2,1-4H3/t12-/m0/s1. The summed E-state index contributed by atoms with van der Waals surface area (Å²) in [5.74, 6) is -0.0905. The average molecular weight is 329 g/mol. The molecular formula is C14H23N3O4S. The predicted octanol–water partition coefficient (Wildman–Crippen LogP) is 1.22. The molecule has 1 aliphatic rings. The summed E-state index contributed by atoms with van der Waals surface area (Å²) in [4.78, 5) is 14.3. The van der Waals surface area contributed by atoms with Crippen molar-refractivity contribution in [1.82, 2.24) is 14.8 Å². The Morgan fingerprint density at radius 3 is 2.32 bits per heavy atom. The third-order valence-electron chi connectivity index (χ3n) is 3.87. The van der Waals surface area contributed by atoms with Crippen molar-refractivity contribution in [1.29, 1.82) is 0 Å². The average Bonchev–Trinajstić information content (AvgIpc) is 3.05. The fourth-order valence-corrected chi connectivity index (χ4v) is 4.36. The van der Waals surface area contributed by atoms with Gasteiger partial charge in [0.15, 0.2) is 5.76 Å². The molecule has 0 spiro atoms. The largest absolute Gasteiger partial charge is 0.360 e. The van der Waals surface area contributed by atoms with Gasteiger partial charge in [0.2, 0.25) is 15.9 Å². The quantitative estimate of drug-likeness (QED) is 0.877. The second kappa shape index (κ2) is 6.37. The minimum absolute atomic E-state index is 0.0207. The van der Waals surface area contributed by atoms with E-state index >= 15 is 0 Å². The zero-order valence-electron chi connectivity index (χ0n) is 13.4. The Balaban J connectivity index is 2.25. The van der Waals surface area contributed by atoms with Crippen LogP contribution in [0.3, 0.4) is 0 Å². The molecular weight excluding hydrogens is 306 g/mol. The van der Waals surface area contributed by atoms with Crippen molar-refractivity contribution >= 4 is 15.9 Å². The van der Waals surface area contributed by atoms with Gasteiger partial charge in [-0.25, -0.2) is 8.42 Å². The number of aromatic nitrogens is 1. The predicted molar refractivity (Wildman–Crippen MR) is 80.7 cm³/mol. The van der Waals surface area contributed by atoms with Crippen LogP contribution in [0.15, 0.2) is 9.42 Å². The smallest absolute Gasteiger partial charge is 0.246 e. The van der Waals surface area contributed by atoms with Gasteiger partial charge in [-0.2, -0.15) is 4.72 Å². The molecule has 0 aliphatic carbocycles. The fraction of sp³-hybridized carbons (Fsp3) is 0.714. The Bertz CT molecular complexity index is 626. The van der Waals surface area contributed by atoms with Crippen LogP contribution in [-0.2, 0) is 14.8 Å². The van der Waals surface area contributed by atoms with E-state index in [2.05, 4.69) is 9.88 Å². The first kappa shape index (κ1) is 17.0. The maximum Gasteiger partial charge on any atom is 0.246 e. The Labute approximate surface area is 131 Å². The van der Waals surface area contributed by atoms with Crippen LogP contribution in [0.25, 0.3) is 0 Å². The highest BCUT2D eigenvalue weighted by Gasteiger charge is 2.34. The number of rotatable bonds is 5. The molecule has 1 saturated heterocycles. The van der Waals surface area contributed by atoms with E-state index in [4.69, 9.17) is 4.52 Å². The van der Waals surface area contributed by atoms with Gasteiger partial charge in [0.1, 0.15) is 16.6 Å². The minimum Gasteiger partial charge on any atom is -0.360 e. The molecule has 124 valence electrons. The lowest BCUT2D eigenvalue weighted by Crippen LogP contribution is -2.50. The number of aryl methyl sites for hydroxylation is 2. The highest BCUT2D eigenvalue weighted by atomic mass is 32.2.